The minimum absolute atomic E-state index is 0.179. The van der Waals surface area contributed by atoms with Crippen molar-refractivity contribution in [1.29, 1.82) is 0 Å². The highest BCUT2D eigenvalue weighted by Crippen LogP contribution is 2.09. The van der Waals surface area contributed by atoms with E-state index in [-0.39, 0.29) is 13.0 Å². The molecule has 0 bridgehead atoms. The van der Waals surface area contributed by atoms with Gasteiger partial charge < -0.3 is 5.32 Å². The zero-order valence-corrected chi connectivity index (χ0v) is 8.26. The Kier molecular flexibility index (Phi) is 4.01. The first-order chi connectivity index (χ1) is 6.18. The number of rotatable bonds is 4. The molecule has 13 heavy (non-hydrogen) atoms. The summed E-state index contributed by atoms with van der Waals surface area (Å²) in [4.78, 5) is 7.64. The Morgan fingerprint density at radius 3 is 2.85 bits per heavy atom. The van der Waals surface area contributed by atoms with Crippen LogP contribution in [0.2, 0.25) is 0 Å². The molecule has 0 unspecified atom stereocenters. The number of aromatic nitrogens is 2. The van der Waals surface area contributed by atoms with E-state index in [1.165, 1.54) is 6.33 Å². The second-order valence-corrected chi connectivity index (χ2v) is 3.14. The number of nitrogens with zero attached hydrogens (tertiary/aromatic N) is 2. The first-order valence-electron chi connectivity index (χ1n) is 3.68. The molecule has 0 aliphatic rings. The minimum Gasteiger partial charge on any atom is -0.370 e. The Bertz CT molecular complexity index is 270. The minimum atomic E-state index is -2.28. The maximum Gasteiger partial charge on any atom is 0.240 e. The lowest BCUT2D eigenvalue weighted by atomic mass is 10.4. The topological polar surface area (TPSA) is 37.8 Å². The second kappa shape index (κ2) is 5.06. The average molecular weight is 252 g/mol. The summed E-state index contributed by atoms with van der Waals surface area (Å²) < 4.78 is 24.1. The van der Waals surface area contributed by atoms with E-state index in [0.717, 1.165) is 0 Å². The van der Waals surface area contributed by atoms with Crippen molar-refractivity contribution in [2.75, 3.05) is 11.9 Å². The van der Waals surface area contributed by atoms with E-state index in [9.17, 15) is 8.78 Å². The van der Waals surface area contributed by atoms with Crippen molar-refractivity contribution in [3.05, 3.63) is 17.0 Å². The van der Waals surface area contributed by atoms with Gasteiger partial charge in [0.1, 0.15) is 16.7 Å². The van der Waals surface area contributed by atoms with E-state index in [0.29, 0.717) is 10.4 Å². The first-order valence-corrected chi connectivity index (χ1v) is 4.47. The molecule has 0 radical (unpaired) electrons. The standard InChI is InChI=1S/C7H8BrF2N3/c8-5-3-7(13-4-12-5)11-2-1-6(9)10/h3-4,6H,1-2H2,(H,11,12,13). The third kappa shape index (κ3) is 4.12. The molecular weight excluding hydrogens is 244 g/mol. The van der Waals surface area contributed by atoms with Gasteiger partial charge in [-0.05, 0) is 15.9 Å². The molecule has 0 fully saturated rings. The summed E-state index contributed by atoms with van der Waals surface area (Å²) in [5.74, 6) is 0.544. The first kappa shape index (κ1) is 10.3. The van der Waals surface area contributed by atoms with Crippen LogP contribution in [0.1, 0.15) is 6.42 Å². The summed E-state index contributed by atoms with van der Waals surface area (Å²) in [6.45, 7) is 0.209. The van der Waals surface area contributed by atoms with Crippen LogP contribution in [0.25, 0.3) is 0 Å². The molecule has 0 saturated heterocycles. The fourth-order valence-electron chi connectivity index (χ4n) is 0.740. The van der Waals surface area contributed by atoms with Crippen molar-refractivity contribution in [2.24, 2.45) is 0 Å². The lowest BCUT2D eigenvalue weighted by molar-refractivity contribution is 0.142. The Hall–Kier alpha value is -0.780. The van der Waals surface area contributed by atoms with Crippen molar-refractivity contribution in [2.45, 2.75) is 12.8 Å². The molecular formula is C7H8BrF2N3. The van der Waals surface area contributed by atoms with E-state index in [1.807, 2.05) is 0 Å². The number of nitrogens with one attached hydrogen (secondary N) is 1. The van der Waals surface area contributed by atoms with Gasteiger partial charge in [0.05, 0.1) is 0 Å². The van der Waals surface area contributed by atoms with Gasteiger partial charge in [0.2, 0.25) is 6.43 Å². The molecule has 0 spiro atoms. The molecule has 0 saturated carbocycles. The van der Waals surface area contributed by atoms with Gasteiger partial charge in [-0.15, -0.1) is 0 Å². The maximum absolute atomic E-state index is 11.7. The molecule has 0 aliphatic carbocycles. The van der Waals surface area contributed by atoms with Gasteiger partial charge in [0, 0.05) is 19.0 Å². The number of hydrogen-bond acceptors (Lipinski definition) is 3. The highest BCUT2D eigenvalue weighted by molar-refractivity contribution is 9.10. The van der Waals surface area contributed by atoms with Crippen LogP contribution in [0, 0.1) is 0 Å². The van der Waals surface area contributed by atoms with Crippen molar-refractivity contribution < 1.29 is 8.78 Å². The largest absolute Gasteiger partial charge is 0.370 e. The van der Waals surface area contributed by atoms with E-state index in [2.05, 4.69) is 31.2 Å². The molecule has 0 atom stereocenters. The lowest BCUT2D eigenvalue weighted by Crippen LogP contribution is -2.07. The SMILES string of the molecule is FC(F)CCNc1cc(Br)ncn1. The molecule has 0 amide bonds. The molecule has 1 N–H and O–H groups in total. The molecule has 0 aliphatic heterocycles. The lowest BCUT2D eigenvalue weighted by Gasteiger charge is -2.03. The predicted molar refractivity (Wildman–Crippen MR) is 48.8 cm³/mol. The van der Waals surface area contributed by atoms with Crippen LogP contribution in [0.5, 0.6) is 0 Å². The summed E-state index contributed by atoms with van der Waals surface area (Å²) in [6.07, 6.45) is -1.10. The van der Waals surface area contributed by atoms with Crippen molar-refractivity contribution in [1.82, 2.24) is 9.97 Å². The molecule has 72 valence electrons. The van der Waals surface area contributed by atoms with Crippen molar-refractivity contribution >= 4 is 21.7 Å². The van der Waals surface area contributed by atoms with Crippen LogP contribution in [0.15, 0.2) is 17.0 Å². The smallest absolute Gasteiger partial charge is 0.240 e. The van der Waals surface area contributed by atoms with Crippen LogP contribution in [-0.2, 0) is 0 Å². The molecule has 1 aromatic rings. The van der Waals surface area contributed by atoms with Crippen LogP contribution in [-0.4, -0.2) is 22.9 Å². The van der Waals surface area contributed by atoms with Crippen LogP contribution < -0.4 is 5.32 Å². The van der Waals surface area contributed by atoms with E-state index < -0.39 is 6.43 Å². The summed E-state index contributed by atoms with van der Waals surface area (Å²) in [7, 11) is 0. The fourth-order valence-corrected chi connectivity index (χ4v) is 1.05. The Morgan fingerprint density at radius 1 is 1.46 bits per heavy atom. The van der Waals surface area contributed by atoms with Gasteiger partial charge in [-0.2, -0.15) is 0 Å². The molecule has 1 aromatic heterocycles. The van der Waals surface area contributed by atoms with E-state index in [1.54, 1.807) is 6.07 Å². The summed E-state index contributed by atoms with van der Waals surface area (Å²) >= 11 is 3.14. The molecule has 3 nitrogen and oxygen atoms in total. The Morgan fingerprint density at radius 2 is 2.23 bits per heavy atom. The quantitative estimate of drug-likeness (QED) is 0.835. The fraction of sp³-hybridized carbons (Fsp3) is 0.429. The monoisotopic (exact) mass is 251 g/mol. The second-order valence-electron chi connectivity index (χ2n) is 2.33. The van der Waals surface area contributed by atoms with Gasteiger partial charge in [0.25, 0.3) is 0 Å². The third-order valence-corrected chi connectivity index (χ3v) is 1.74. The van der Waals surface area contributed by atoms with Crippen LogP contribution in [0.3, 0.4) is 0 Å². The van der Waals surface area contributed by atoms with Gasteiger partial charge >= 0.3 is 0 Å². The summed E-state index contributed by atoms with van der Waals surface area (Å²) in [5.41, 5.74) is 0. The Balaban J connectivity index is 2.37. The van der Waals surface area contributed by atoms with Crippen LogP contribution in [0.4, 0.5) is 14.6 Å². The zero-order chi connectivity index (χ0) is 9.68. The van der Waals surface area contributed by atoms with E-state index in [4.69, 9.17) is 0 Å². The van der Waals surface area contributed by atoms with Gasteiger partial charge in [-0.3, -0.25) is 0 Å². The normalized spacial score (nSPS) is 10.5. The Labute approximate surface area is 82.7 Å². The molecule has 1 rings (SSSR count). The van der Waals surface area contributed by atoms with Gasteiger partial charge in [-0.25, -0.2) is 18.7 Å². The molecule has 6 heteroatoms. The highest BCUT2D eigenvalue weighted by atomic mass is 79.9. The van der Waals surface area contributed by atoms with Crippen LogP contribution >= 0.6 is 15.9 Å². The highest BCUT2D eigenvalue weighted by Gasteiger charge is 2.01. The summed E-state index contributed by atoms with van der Waals surface area (Å²) in [6, 6.07) is 1.63. The predicted octanol–water partition coefficient (Wildman–Crippen LogP) is 2.31. The molecule has 0 aromatic carbocycles. The molecule has 1 heterocycles. The maximum atomic E-state index is 11.7. The number of hydrogen-bond donors (Lipinski definition) is 1. The van der Waals surface area contributed by atoms with E-state index >= 15 is 0 Å². The van der Waals surface area contributed by atoms with Crippen molar-refractivity contribution in [3.63, 3.8) is 0 Å². The number of halogens is 3. The number of anilines is 1. The number of alkyl halides is 2. The average Bonchev–Trinajstić information content (AvgIpc) is 2.03. The van der Waals surface area contributed by atoms with Crippen molar-refractivity contribution in [3.8, 4) is 0 Å². The third-order valence-electron chi connectivity index (χ3n) is 1.30. The summed E-state index contributed by atoms with van der Waals surface area (Å²) in [5, 5.41) is 2.76. The zero-order valence-electron chi connectivity index (χ0n) is 6.67. The van der Waals surface area contributed by atoms with Gasteiger partial charge in [-0.1, -0.05) is 0 Å². The van der Waals surface area contributed by atoms with Gasteiger partial charge in [0.15, 0.2) is 0 Å².